The molecule has 0 fully saturated rings. The molecule has 0 unspecified atom stereocenters. The molecule has 0 aromatic heterocycles. The molecule has 126 valence electrons. The number of benzene rings is 2. The molecular formula is C16H15NO6S. The van der Waals surface area contributed by atoms with E-state index in [0.717, 1.165) is 0 Å². The van der Waals surface area contributed by atoms with Gasteiger partial charge in [-0.3, -0.25) is 4.79 Å². The summed E-state index contributed by atoms with van der Waals surface area (Å²) in [6.07, 6.45) is 0. The van der Waals surface area contributed by atoms with Crippen LogP contribution in [0, 0.1) is 0 Å². The minimum absolute atomic E-state index is 0.0302. The Morgan fingerprint density at radius 1 is 1.08 bits per heavy atom. The molecule has 0 saturated heterocycles. The van der Waals surface area contributed by atoms with Crippen LogP contribution in [0.2, 0.25) is 0 Å². The second-order valence-corrected chi connectivity index (χ2v) is 6.57. The summed E-state index contributed by atoms with van der Waals surface area (Å²) in [4.78, 5) is 11.1. The van der Waals surface area contributed by atoms with Crippen molar-refractivity contribution in [1.82, 2.24) is 0 Å². The van der Waals surface area contributed by atoms with Gasteiger partial charge in [-0.1, -0.05) is 12.1 Å². The van der Waals surface area contributed by atoms with Gasteiger partial charge >= 0.3 is 10.1 Å². The van der Waals surface area contributed by atoms with E-state index in [9.17, 15) is 13.2 Å². The van der Waals surface area contributed by atoms with E-state index >= 15 is 0 Å². The van der Waals surface area contributed by atoms with Crippen LogP contribution in [-0.4, -0.2) is 27.5 Å². The van der Waals surface area contributed by atoms with E-state index in [1.165, 1.54) is 31.2 Å². The lowest BCUT2D eigenvalue weighted by Crippen LogP contribution is -2.17. The number of ether oxygens (including phenoxy) is 2. The van der Waals surface area contributed by atoms with Crippen molar-refractivity contribution in [3.63, 3.8) is 0 Å². The number of carbonyl (C=O) groups is 1. The maximum atomic E-state index is 12.5. The molecule has 2 aromatic carbocycles. The lowest BCUT2D eigenvalue weighted by atomic mass is 10.3. The quantitative estimate of drug-likeness (QED) is 0.851. The van der Waals surface area contributed by atoms with E-state index < -0.39 is 10.1 Å². The van der Waals surface area contributed by atoms with Gasteiger partial charge in [-0.25, -0.2) is 0 Å². The van der Waals surface area contributed by atoms with Gasteiger partial charge in [-0.15, -0.1) is 0 Å². The lowest BCUT2D eigenvalue weighted by molar-refractivity contribution is -0.114. The van der Waals surface area contributed by atoms with Crippen LogP contribution < -0.4 is 19.0 Å². The molecule has 1 aliphatic rings. The number of nitrogens with one attached hydrogen (secondary N) is 1. The van der Waals surface area contributed by atoms with Crippen molar-refractivity contribution in [2.24, 2.45) is 0 Å². The normalized spacial score (nSPS) is 13.2. The van der Waals surface area contributed by atoms with Crippen LogP contribution in [0.4, 0.5) is 5.69 Å². The highest BCUT2D eigenvalue weighted by atomic mass is 32.2. The van der Waals surface area contributed by atoms with E-state index in [-0.39, 0.29) is 22.2 Å². The molecule has 0 saturated carbocycles. The number of anilines is 1. The Labute approximate surface area is 139 Å². The van der Waals surface area contributed by atoms with Gasteiger partial charge in [0.2, 0.25) is 5.91 Å². The molecule has 0 spiro atoms. The van der Waals surface area contributed by atoms with Crippen LogP contribution in [0.5, 0.6) is 17.2 Å². The monoisotopic (exact) mass is 349 g/mol. The topological polar surface area (TPSA) is 90.9 Å². The van der Waals surface area contributed by atoms with Gasteiger partial charge < -0.3 is 19.0 Å². The van der Waals surface area contributed by atoms with Crippen LogP contribution in [0.25, 0.3) is 0 Å². The van der Waals surface area contributed by atoms with Crippen molar-refractivity contribution >= 4 is 21.7 Å². The number of hydrogen-bond acceptors (Lipinski definition) is 6. The summed E-state index contributed by atoms with van der Waals surface area (Å²) in [6.45, 7) is 2.09. The molecule has 1 heterocycles. The zero-order chi connectivity index (χ0) is 17.2. The van der Waals surface area contributed by atoms with E-state index in [1.54, 1.807) is 18.2 Å². The molecule has 1 N–H and O–H groups in total. The Bertz CT molecular complexity index is 878. The Morgan fingerprint density at radius 2 is 1.79 bits per heavy atom. The minimum atomic E-state index is -4.09. The largest absolute Gasteiger partial charge is 0.486 e. The first-order chi connectivity index (χ1) is 11.5. The molecule has 0 bridgehead atoms. The Hall–Kier alpha value is -2.74. The highest BCUT2D eigenvalue weighted by Crippen LogP contribution is 2.34. The minimum Gasteiger partial charge on any atom is -0.486 e. The van der Waals surface area contributed by atoms with Crippen LogP contribution in [0.1, 0.15) is 6.92 Å². The van der Waals surface area contributed by atoms with E-state index in [4.69, 9.17) is 13.7 Å². The molecule has 8 heteroatoms. The summed E-state index contributed by atoms with van der Waals surface area (Å²) in [5, 5.41) is 2.52. The molecule has 3 rings (SSSR count). The van der Waals surface area contributed by atoms with Gasteiger partial charge in [0, 0.05) is 13.0 Å². The van der Waals surface area contributed by atoms with Gasteiger partial charge in [0.05, 0.1) is 5.69 Å². The first-order valence-electron chi connectivity index (χ1n) is 7.16. The second kappa shape index (κ2) is 6.40. The van der Waals surface area contributed by atoms with E-state index in [2.05, 4.69) is 5.32 Å². The third-order valence-electron chi connectivity index (χ3n) is 3.20. The van der Waals surface area contributed by atoms with E-state index in [1.807, 2.05) is 0 Å². The third kappa shape index (κ3) is 3.43. The highest BCUT2D eigenvalue weighted by molar-refractivity contribution is 7.87. The van der Waals surface area contributed by atoms with Crippen molar-refractivity contribution < 1.29 is 26.9 Å². The highest BCUT2D eigenvalue weighted by Gasteiger charge is 2.22. The molecule has 7 nitrogen and oxygen atoms in total. The standard InChI is InChI=1S/C16H15NO6S/c1-11(18)17-13-4-2-3-5-14(13)23-24(19,20)12-6-7-15-16(10-12)22-9-8-21-15/h2-7,10H,8-9H2,1H3,(H,17,18). The SMILES string of the molecule is CC(=O)Nc1ccccc1OS(=O)(=O)c1ccc2c(c1)OCCO2. The summed E-state index contributed by atoms with van der Waals surface area (Å²) < 4.78 is 40.9. The zero-order valence-corrected chi connectivity index (χ0v) is 13.6. The number of rotatable bonds is 4. The van der Waals surface area contributed by atoms with Crippen LogP contribution in [0.15, 0.2) is 47.4 Å². The maximum absolute atomic E-state index is 12.5. The summed E-state index contributed by atoms with van der Waals surface area (Å²) in [5.74, 6) is 0.533. The van der Waals surface area contributed by atoms with Gasteiger partial charge in [0.1, 0.15) is 18.1 Å². The van der Waals surface area contributed by atoms with Crippen LogP contribution in [0.3, 0.4) is 0 Å². The maximum Gasteiger partial charge on any atom is 0.339 e. The number of hydrogen-bond donors (Lipinski definition) is 1. The molecule has 0 aliphatic carbocycles. The Morgan fingerprint density at radius 3 is 2.54 bits per heavy atom. The molecular weight excluding hydrogens is 334 g/mol. The van der Waals surface area contributed by atoms with Crippen LogP contribution >= 0.6 is 0 Å². The van der Waals surface area contributed by atoms with Crippen molar-refractivity contribution in [1.29, 1.82) is 0 Å². The van der Waals surface area contributed by atoms with Gasteiger partial charge in [0.15, 0.2) is 17.2 Å². The first-order valence-corrected chi connectivity index (χ1v) is 8.57. The van der Waals surface area contributed by atoms with E-state index in [0.29, 0.717) is 24.7 Å². The average molecular weight is 349 g/mol. The Kier molecular flexibility index (Phi) is 4.30. The van der Waals surface area contributed by atoms with Crippen molar-refractivity contribution in [2.75, 3.05) is 18.5 Å². The zero-order valence-electron chi connectivity index (χ0n) is 12.8. The van der Waals surface area contributed by atoms with Gasteiger partial charge in [-0.05, 0) is 24.3 Å². The van der Waals surface area contributed by atoms with Crippen molar-refractivity contribution in [2.45, 2.75) is 11.8 Å². The molecule has 1 aliphatic heterocycles. The number of para-hydroxylation sites is 2. The summed E-state index contributed by atoms with van der Waals surface area (Å²) in [7, 11) is -4.09. The predicted octanol–water partition coefficient (Wildman–Crippen LogP) is 2.18. The lowest BCUT2D eigenvalue weighted by Gasteiger charge is -2.19. The molecule has 1 amide bonds. The summed E-state index contributed by atoms with van der Waals surface area (Å²) in [5.41, 5.74) is 0.270. The average Bonchev–Trinajstić information content (AvgIpc) is 2.55. The van der Waals surface area contributed by atoms with Gasteiger partial charge in [0.25, 0.3) is 0 Å². The first kappa shape index (κ1) is 16.1. The smallest absolute Gasteiger partial charge is 0.339 e. The summed E-state index contributed by atoms with van der Waals surface area (Å²) >= 11 is 0. The molecule has 24 heavy (non-hydrogen) atoms. The summed E-state index contributed by atoms with van der Waals surface area (Å²) in [6, 6.07) is 10.5. The third-order valence-corrected chi connectivity index (χ3v) is 4.43. The predicted molar refractivity (Wildman–Crippen MR) is 86.0 cm³/mol. The number of amides is 1. The van der Waals surface area contributed by atoms with Crippen molar-refractivity contribution in [3.8, 4) is 17.2 Å². The fourth-order valence-corrected chi connectivity index (χ4v) is 3.14. The number of fused-ring (bicyclic) bond motifs is 1. The fourth-order valence-electron chi connectivity index (χ4n) is 2.18. The van der Waals surface area contributed by atoms with Gasteiger partial charge in [-0.2, -0.15) is 8.42 Å². The second-order valence-electron chi connectivity index (χ2n) is 5.02. The molecule has 0 atom stereocenters. The fraction of sp³-hybridized carbons (Fsp3) is 0.188. The van der Waals surface area contributed by atoms with Crippen molar-refractivity contribution in [3.05, 3.63) is 42.5 Å². The van der Waals surface area contributed by atoms with Crippen LogP contribution in [-0.2, 0) is 14.9 Å². The molecule has 2 aromatic rings. The Balaban J connectivity index is 1.91. The molecule has 0 radical (unpaired) electrons. The number of carbonyl (C=O) groups excluding carboxylic acids is 1.